The van der Waals surface area contributed by atoms with Crippen LogP contribution in [0.25, 0.3) is 0 Å². The molecular weight excluding hydrogens is 285 g/mol. The minimum absolute atomic E-state index is 0.176. The number of sulfonamides is 1. The van der Waals surface area contributed by atoms with E-state index in [9.17, 15) is 17.6 Å². The van der Waals surface area contributed by atoms with Crippen LogP contribution in [0.2, 0.25) is 0 Å². The number of primary amides is 1. The molecule has 1 aromatic rings. The highest BCUT2D eigenvalue weighted by atomic mass is 32.2. The molecule has 1 aliphatic heterocycles. The van der Waals surface area contributed by atoms with E-state index >= 15 is 0 Å². The van der Waals surface area contributed by atoms with Crippen molar-refractivity contribution in [2.24, 2.45) is 5.73 Å². The number of nitriles is 1. The van der Waals surface area contributed by atoms with Gasteiger partial charge in [0.1, 0.15) is 17.9 Å². The summed E-state index contributed by atoms with van der Waals surface area (Å²) in [5.41, 5.74) is 4.83. The normalized spacial score (nSPS) is 19.7. The van der Waals surface area contributed by atoms with E-state index in [2.05, 4.69) is 0 Å². The number of amides is 1. The van der Waals surface area contributed by atoms with Crippen molar-refractivity contribution in [1.29, 1.82) is 5.26 Å². The summed E-state index contributed by atoms with van der Waals surface area (Å²) < 4.78 is 39.1. The van der Waals surface area contributed by atoms with Gasteiger partial charge in [-0.3, -0.25) is 4.79 Å². The van der Waals surface area contributed by atoms with E-state index in [1.807, 2.05) is 0 Å². The van der Waals surface area contributed by atoms with Gasteiger partial charge in [-0.25, -0.2) is 12.8 Å². The van der Waals surface area contributed by atoms with Gasteiger partial charge in [-0.05, 0) is 31.0 Å². The molecule has 6 nitrogen and oxygen atoms in total. The summed E-state index contributed by atoms with van der Waals surface area (Å²) in [5.74, 6) is -1.51. The molecule has 20 heavy (non-hydrogen) atoms. The Balaban J connectivity index is 2.46. The van der Waals surface area contributed by atoms with Crippen molar-refractivity contribution in [1.82, 2.24) is 4.31 Å². The SMILES string of the molecule is N#Cc1cc(S(=O)(=O)N2CCCC2C(N)=O)ccc1F. The van der Waals surface area contributed by atoms with E-state index in [0.717, 1.165) is 22.5 Å². The predicted octanol–water partition coefficient (Wildman–Crippen LogP) is 0.336. The summed E-state index contributed by atoms with van der Waals surface area (Å²) >= 11 is 0. The Morgan fingerprint density at radius 1 is 1.50 bits per heavy atom. The largest absolute Gasteiger partial charge is 0.368 e. The molecule has 1 heterocycles. The van der Waals surface area contributed by atoms with E-state index in [4.69, 9.17) is 11.0 Å². The fourth-order valence-electron chi connectivity index (χ4n) is 2.20. The minimum Gasteiger partial charge on any atom is -0.368 e. The number of halogens is 1. The highest BCUT2D eigenvalue weighted by Gasteiger charge is 2.38. The first-order chi connectivity index (χ1) is 9.37. The highest BCUT2D eigenvalue weighted by molar-refractivity contribution is 7.89. The van der Waals surface area contributed by atoms with E-state index in [-0.39, 0.29) is 17.0 Å². The Kier molecular flexibility index (Phi) is 3.74. The van der Waals surface area contributed by atoms with Gasteiger partial charge in [0.15, 0.2) is 0 Å². The van der Waals surface area contributed by atoms with Gasteiger partial charge >= 0.3 is 0 Å². The van der Waals surface area contributed by atoms with Crippen molar-refractivity contribution < 1.29 is 17.6 Å². The van der Waals surface area contributed by atoms with Crippen LogP contribution in [0.4, 0.5) is 4.39 Å². The molecule has 1 fully saturated rings. The Morgan fingerprint density at radius 2 is 2.20 bits per heavy atom. The average Bonchev–Trinajstić information content (AvgIpc) is 2.89. The van der Waals surface area contributed by atoms with E-state index in [1.54, 1.807) is 6.07 Å². The topological polar surface area (TPSA) is 104 Å². The smallest absolute Gasteiger partial charge is 0.243 e. The van der Waals surface area contributed by atoms with Gasteiger partial charge < -0.3 is 5.73 Å². The van der Waals surface area contributed by atoms with Crippen LogP contribution < -0.4 is 5.73 Å². The lowest BCUT2D eigenvalue weighted by Crippen LogP contribution is -2.43. The fourth-order valence-corrected chi connectivity index (χ4v) is 3.89. The zero-order valence-corrected chi connectivity index (χ0v) is 11.2. The molecule has 1 unspecified atom stereocenters. The lowest BCUT2D eigenvalue weighted by atomic mass is 10.2. The second-order valence-electron chi connectivity index (χ2n) is 4.43. The molecule has 1 amide bonds. The minimum atomic E-state index is -3.97. The molecule has 1 saturated heterocycles. The molecule has 106 valence electrons. The van der Waals surface area contributed by atoms with Gasteiger partial charge in [0.2, 0.25) is 15.9 Å². The van der Waals surface area contributed by atoms with E-state index in [0.29, 0.717) is 12.8 Å². The van der Waals surface area contributed by atoms with Crippen LogP contribution in [0.5, 0.6) is 0 Å². The van der Waals surface area contributed by atoms with Crippen molar-refractivity contribution >= 4 is 15.9 Å². The maximum absolute atomic E-state index is 13.2. The molecule has 1 atom stereocenters. The van der Waals surface area contributed by atoms with Crippen molar-refractivity contribution in [2.45, 2.75) is 23.8 Å². The molecular formula is C12H12FN3O3S. The molecule has 0 radical (unpaired) electrons. The number of benzene rings is 1. The van der Waals surface area contributed by atoms with Gasteiger partial charge in [0.05, 0.1) is 10.5 Å². The zero-order valence-electron chi connectivity index (χ0n) is 10.4. The summed E-state index contributed by atoms with van der Waals surface area (Å²) in [5, 5.41) is 8.74. The molecule has 1 aromatic carbocycles. The standard InChI is InChI=1S/C12H12FN3O3S/c13-10-4-3-9(6-8(10)7-14)20(18,19)16-5-1-2-11(16)12(15)17/h3-4,6,11H,1-2,5H2,(H2,15,17). The quantitative estimate of drug-likeness (QED) is 0.868. The highest BCUT2D eigenvalue weighted by Crippen LogP contribution is 2.26. The van der Waals surface area contributed by atoms with Crippen LogP contribution in [0, 0.1) is 17.1 Å². The second-order valence-corrected chi connectivity index (χ2v) is 6.32. The van der Waals surface area contributed by atoms with Gasteiger partial charge in [-0.2, -0.15) is 9.57 Å². The summed E-state index contributed by atoms with van der Waals surface area (Å²) in [6, 6.07) is 3.64. The number of nitrogens with zero attached hydrogens (tertiary/aromatic N) is 2. The van der Waals surface area contributed by atoms with Crippen LogP contribution in [-0.4, -0.2) is 31.2 Å². The van der Waals surface area contributed by atoms with Crippen LogP contribution in [0.15, 0.2) is 23.1 Å². The molecule has 1 aliphatic rings. The van der Waals surface area contributed by atoms with Gasteiger partial charge in [0, 0.05) is 6.54 Å². The Morgan fingerprint density at radius 3 is 2.80 bits per heavy atom. The second kappa shape index (κ2) is 5.19. The van der Waals surface area contributed by atoms with E-state index < -0.39 is 27.8 Å². The number of hydrogen-bond donors (Lipinski definition) is 1. The van der Waals surface area contributed by atoms with Crippen molar-refractivity contribution in [2.75, 3.05) is 6.54 Å². The zero-order chi connectivity index (χ0) is 14.9. The molecule has 0 spiro atoms. The lowest BCUT2D eigenvalue weighted by molar-refractivity contribution is -0.121. The summed E-state index contributed by atoms with van der Waals surface area (Å²) in [7, 11) is -3.97. The first-order valence-electron chi connectivity index (χ1n) is 5.88. The maximum atomic E-state index is 13.2. The summed E-state index contributed by atoms with van der Waals surface area (Å²) in [6.45, 7) is 0.176. The molecule has 2 rings (SSSR count). The summed E-state index contributed by atoms with van der Waals surface area (Å²) in [6.07, 6.45) is 0.889. The number of hydrogen-bond acceptors (Lipinski definition) is 4. The van der Waals surface area contributed by atoms with Crippen LogP contribution >= 0.6 is 0 Å². The van der Waals surface area contributed by atoms with Crippen molar-refractivity contribution in [3.05, 3.63) is 29.6 Å². The third kappa shape index (κ3) is 2.37. The first kappa shape index (κ1) is 14.4. The number of carbonyl (C=O) groups excluding carboxylic acids is 1. The van der Waals surface area contributed by atoms with Crippen LogP contribution in [0.1, 0.15) is 18.4 Å². The van der Waals surface area contributed by atoms with Gasteiger partial charge in [-0.15, -0.1) is 0 Å². The molecule has 2 N–H and O–H groups in total. The van der Waals surface area contributed by atoms with Gasteiger partial charge in [-0.1, -0.05) is 0 Å². The molecule has 8 heteroatoms. The Hall–Kier alpha value is -1.98. The van der Waals surface area contributed by atoms with Crippen molar-refractivity contribution in [3.63, 3.8) is 0 Å². The number of nitrogens with two attached hydrogens (primary N) is 1. The monoisotopic (exact) mass is 297 g/mol. The fraction of sp³-hybridized carbons (Fsp3) is 0.333. The molecule has 0 aromatic heterocycles. The third-order valence-corrected chi connectivity index (χ3v) is 5.10. The first-order valence-corrected chi connectivity index (χ1v) is 7.32. The Bertz CT molecular complexity index is 696. The number of carbonyl (C=O) groups is 1. The lowest BCUT2D eigenvalue weighted by Gasteiger charge is -2.21. The van der Waals surface area contributed by atoms with Gasteiger partial charge in [0.25, 0.3) is 0 Å². The molecule has 0 aliphatic carbocycles. The average molecular weight is 297 g/mol. The summed E-state index contributed by atoms with van der Waals surface area (Å²) in [4.78, 5) is 11.1. The maximum Gasteiger partial charge on any atom is 0.243 e. The van der Waals surface area contributed by atoms with Crippen molar-refractivity contribution in [3.8, 4) is 6.07 Å². The van der Waals surface area contributed by atoms with E-state index in [1.165, 1.54) is 0 Å². The predicted molar refractivity (Wildman–Crippen MR) is 67.2 cm³/mol. The molecule has 0 saturated carbocycles. The third-order valence-electron chi connectivity index (χ3n) is 3.20. The molecule has 0 bridgehead atoms. The van der Waals surface area contributed by atoms with Crippen LogP contribution in [0.3, 0.4) is 0 Å². The van der Waals surface area contributed by atoms with Crippen LogP contribution in [-0.2, 0) is 14.8 Å². The number of rotatable bonds is 3. The Labute approximate surface area is 115 Å².